The average molecular weight is 432 g/mol. The average Bonchev–Trinajstić information content (AvgIpc) is 3.15. The number of para-hydroxylation sites is 1. The highest BCUT2D eigenvalue weighted by Crippen LogP contribution is 2.16. The van der Waals surface area contributed by atoms with Crippen molar-refractivity contribution in [1.29, 1.82) is 0 Å². The molecule has 0 aliphatic rings. The molecular weight excluding hydrogens is 408 g/mol. The van der Waals surface area contributed by atoms with E-state index in [1.807, 2.05) is 48.5 Å². The predicted octanol–water partition coefficient (Wildman–Crippen LogP) is 1.73. The Kier molecular flexibility index (Phi) is 5.89. The van der Waals surface area contributed by atoms with Gasteiger partial charge >= 0.3 is 5.69 Å². The van der Waals surface area contributed by atoms with Gasteiger partial charge in [-0.2, -0.15) is 4.98 Å². The molecule has 0 saturated heterocycles. The van der Waals surface area contributed by atoms with Crippen LogP contribution in [0.4, 0.5) is 11.6 Å². The first-order valence-corrected chi connectivity index (χ1v) is 10.2. The summed E-state index contributed by atoms with van der Waals surface area (Å²) in [6.45, 7) is 0.411. The van der Waals surface area contributed by atoms with Crippen LogP contribution in [0.5, 0.6) is 0 Å². The van der Waals surface area contributed by atoms with Crippen molar-refractivity contribution in [2.45, 2.75) is 13.0 Å². The molecule has 9 heteroatoms. The molecule has 2 heterocycles. The number of benzene rings is 2. The molecule has 0 saturated carbocycles. The fourth-order valence-electron chi connectivity index (χ4n) is 3.56. The zero-order valence-corrected chi connectivity index (χ0v) is 17.9. The lowest BCUT2D eigenvalue weighted by atomic mass is 10.1. The molecule has 2 aromatic carbocycles. The number of carbonyl (C=O) groups excluding carboxylic acids is 1. The van der Waals surface area contributed by atoms with Gasteiger partial charge in [0, 0.05) is 26.3 Å². The summed E-state index contributed by atoms with van der Waals surface area (Å²) in [6.07, 6.45) is 0.733. The number of rotatable bonds is 7. The van der Waals surface area contributed by atoms with Gasteiger partial charge in [0.15, 0.2) is 11.2 Å². The van der Waals surface area contributed by atoms with Crippen molar-refractivity contribution >= 4 is 28.7 Å². The molecule has 32 heavy (non-hydrogen) atoms. The molecule has 1 amide bonds. The summed E-state index contributed by atoms with van der Waals surface area (Å²) < 4.78 is 3.86. The first-order valence-electron chi connectivity index (χ1n) is 10.2. The van der Waals surface area contributed by atoms with E-state index in [0.717, 1.165) is 16.6 Å². The van der Waals surface area contributed by atoms with Crippen molar-refractivity contribution < 1.29 is 4.79 Å². The summed E-state index contributed by atoms with van der Waals surface area (Å²) in [5, 5.41) is 6.04. The van der Waals surface area contributed by atoms with Crippen LogP contribution < -0.4 is 21.9 Å². The van der Waals surface area contributed by atoms with E-state index in [0.29, 0.717) is 18.2 Å². The Labute approximate surface area is 183 Å². The second-order valence-corrected chi connectivity index (χ2v) is 7.48. The molecule has 9 nitrogen and oxygen atoms in total. The Morgan fingerprint density at radius 2 is 1.59 bits per heavy atom. The summed E-state index contributed by atoms with van der Waals surface area (Å²) in [5.74, 6) is 0.0509. The van der Waals surface area contributed by atoms with Crippen molar-refractivity contribution in [1.82, 2.24) is 18.7 Å². The molecular formula is C23H24N6O3. The van der Waals surface area contributed by atoms with E-state index in [-0.39, 0.29) is 23.6 Å². The first-order chi connectivity index (χ1) is 15.5. The molecule has 0 aliphatic heterocycles. The minimum absolute atomic E-state index is 0.132. The minimum Gasteiger partial charge on any atom is -0.355 e. The number of anilines is 2. The Bertz CT molecular complexity index is 1370. The Morgan fingerprint density at radius 3 is 2.28 bits per heavy atom. The lowest BCUT2D eigenvalue weighted by molar-refractivity contribution is -0.116. The van der Waals surface area contributed by atoms with Crippen LogP contribution in [0.15, 0.2) is 70.3 Å². The highest BCUT2D eigenvalue weighted by atomic mass is 16.2. The number of carbonyl (C=O) groups is 1. The second kappa shape index (κ2) is 8.93. The van der Waals surface area contributed by atoms with Gasteiger partial charge in [-0.05, 0) is 24.1 Å². The van der Waals surface area contributed by atoms with Crippen molar-refractivity contribution in [3.05, 3.63) is 87.1 Å². The van der Waals surface area contributed by atoms with Gasteiger partial charge in [-0.1, -0.05) is 48.5 Å². The fourth-order valence-corrected chi connectivity index (χ4v) is 3.56. The van der Waals surface area contributed by atoms with Crippen LogP contribution in [0.25, 0.3) is 11.2 Å². The molecule has 0 spiro atoms. The Hall–Kier alpha value is -4.14. The third-order valence-corrected chi connectivity index (χ3v) is 5.25. The van der Waals surface area contributed by atoms with E-state index in [9.17, 15) is 14.4 Å². The van der Waals surface area contributed by atoms with Crippen LogP contribution >= 0.6 is 0 Å². The minimum atomic E-state index is -0.501. The molecule has 2 aromatic heterocycles. The number of nitrogens with zero attached hydrogens (tertiary/aromatic N) is 4. The second-order valence-electron chi connectivity index (χ2n) is 7.48. The zero-order valence-electron chi connectivity index (χ0n) is 17.9. The van der Waals surface area contributed by atoms with E-state index in [1.54, 1.807) is 19.2 Å². The molecule has 4 aromatic rings. The number of fused-ring (bicyclic) bond motifs is 1. The number of hydrogen-bond acceptors (Lipinski definition) is 5. The van der Waals surface area contributed by atoms with Crippen LogP contribution in [0.1, 0.15) is 5.56 Å². The van der Waals surface area contributed by atoms with Crippen molar-refractivity contribution in [3.63, 3.8) is 0 Å². The summed E-state index contributed by atoms with van der Waals surface area (Å²) in [6, 6.07) is 19.0. The monoisotopic (exact) mass is 432 g/mol. The number of nitrogens with one attached hydrogen (secondary N) is 2. The summed E-state index contributed by atoms with van der Waals surface area (Å²) >= 11 is 0. The van der Waals surface area contributed by atoms with E-state index in [2.05, 4.69) is 15.6 Å². The maximum atomic E-state index is 12.9. The van der Waals surface area contributed by atoms with Gasteiger partial charge in [-0.25, -0.2) is 4.79 Å². The Morgan fingerprint density at radius 1 is 0.938 bits per heavy atom. The molecule has 0 aliphatic carbocycles. The maximum absolute atomic E-state index is 12.9. The molecule has 164 valence electrons. The Balaban J connectivity index is 1.68. The maximum Gasteiger partial charge on any atom is 0.332 e. The number of amides is 1. The summed E-state index contributed by atoms with van der Waals surface area (Å²) in [4.78, 5) is 42.5. The van der Waals surface area contributed by atoms with E-state index in [1.165, 1.54) is 16.2 Å². The zero-order chi connectivity index (χ0) is 22.7. The molecule has 0 fully saturated rings. The van der Waals surface area contributed by atoms with Gasteiger partial charge in [0.05, 0.1) is 0 Å². The standard InChI is InChI=1S/C23H24N6O3/c1-27-20-19(21(31)28(2)23(27)32)29(15-18(30)25-17-11-7-4-8-12-17)22(26-20)24-14-13-16-9-5-3-6-10-16/h3-12H,13-15H2,1-2H3,(H,24,26)(H,25,30). The van der Waals surface area contributed by atoms with Crippen LogP contribution in [-0.4, -0.2) is 31.1 Å². The van der Waals surface area contributed by atoms with E-state index < -0.39 is 11.2 Å². The van der Waals surface area contributed by atoms with E-state index in [4.69, 9.17) is 0 Å². The molecule has 0 unspecified atom stereocenters. The van der Waals surface area contributed by atoms with Crippen molar-refractivity contribution in [3.8, 4) is 0 Å². The topological polar surface area (TPSA) is 103 Å². The normalized spacial score (nSPS) is 10.9. The van der Waals surface area contributed by atoms with Crippen LogP contribution in [-0.2, 0) is 31.9 Å². The van der Waals surface area contributed by atoms with Gasteiger partial charge in [0.2, 0.25) is 11.9 Å². The smallest absolute Gasteiger partial charge is 0.332 e. The highest BCUT2D eigenvalue weighted by Gasteiger charge is 2.20. The van der Waals surface area contributed by atoms with Gasteiger partial charge in [-0.3, -0.25) is 23.3 Å². The SMILES string of the molecule is Cn1c(=O)c2c(nc(NCCc3ccccc3)n2CC(=O)Nc2ccccc2)n(C)c1=O. The number of hydrogen-bond donors (Lipinski definition) is 2. The van der Waals surface area contributed by atoms with Gasteiger partial charge in [-0.15, -0.1) is 0 Å². The fraction of sp³-hybridized carbons (Fsp3) is 0.217. The van der Waals surface area contributed by atoms with Gasteiger partial charge in [0.1, 0.15) is 6.54 Å². The number of aromatic nitrogens is 4. The molecule has 0 bridgehead atoms. The number of aryl methyl sites for hydroxylation is 1. The predicted molar refractivity (Wildman–Crippen MR) is 124 cm³/mol. The molecule has 2 N–H and O–H groups in total. The molecule has 4 rings (SSSR count). The van der Waals surface area contributed by atoms with E-state index >= 15 is 0 Å². The largest absolute Gasteiger partial charge is 0.355 e. The van der Waals surface area contributed by atoms with Crippen LogP contribution in [0.2, 0.25) is 0 Å². The molecule has 0 radical (unpaired) electrons. The van der Waals surface area contributed by atoms with Crippen LogP contribution in [0, 0.1) is 0 Å². The first kappa shape index (κ1) is 21.1. The summed E-state index contributed by atoms with van der Waals surface area (Å²) in [7, 11) is 2.97. The van der Waals surface area contributed by atoms with Crippen LogP contribution in [0.3, 0.4) is 0 Å². The van der Waals surface area contributed by atoms with Gasteiger partial charge in [0.25, 0.3) is 5.56 Å². The third-order valence-electron chi connectivity index (χ3n) is 5.25. The van der Waals surface area contributed by atoms with Gasteiger partial charge < -0.3 is 10.6 Å². The molecule has 0 atom stereocenters. The highest BCUT2D eigenvalue weighted by molar-refractivity contribution is 5.92. The lowest BCUT2D eigenvalue weighted by Crippen LogP contribution is -2.38. The lowest BCUT2D eigenvalue weighted by Gasteiger charge is -2.11. The number of imidazole rings is 1. The van der Waals surface area contributed by atoms with Crippen molar-refractivity contribution in [2.75, 3.05) is 17.2 Å². The van der Waals surface area contributed by atoms with Crippen molar-refractivity contribution in [2.24, 2.45) is 14.1 Å². The summed E-state index contributed by atoms with van der Waals surface area (Å²) in [5.41, 5.74) is 1.25. The quantitative estimate of drug-likeness (QED) is 0.463. The third kappa shape index (κ3) is 4.18.